The third-order valence-electron chi connectivity index (χ3n) is 5.41. The summed E-state index contributed by atoms with van der Waals surface area (Å²) in [6, 6.07) is -0.830. The molecule has 2 unspecified atom stereocenters. The molecule has 7 heteroatoms. The number of nitrogens with one attached hydrogen (secondary N) is 3. The molecule has 1 rings (SSSR count). The molecule has 0 aromatic carbocycles. The zero-order valence-electron chi connectivity index (χ0n) is 19.0. The molecule has 1 aliphatic rings. The molecule has 166 valence electrons. The third kappa shape index (κ3) is 7.80. The Morgan fingerprint density at radius 2 is 1.83 bits per heavy atom. The number of rotatable bonds is 11. The van der Waals surface area contributed by atoms with Gasteiger partial charge in [0.05, 0.1) is 5.92 Å². The molecule has 1 saturated heterocycles. The van der Waals surface area contributed by atoms with Gasteiger partial charge in [0.2, 0.25) is 17.7 Å². The normalized spacial score (nSPS) is 20.0. The largest absolute Gasteiger partial charge is 0.357 e. The molecule has 7 nitrogen and oxygen atoms in total. The van der Waals surface area contributed by atoms with E-state index in [1.165, 1.54) is 0 Å². The topological polar surface area (TPSA) is 90.5 Å². The van der Waals surface area contributed by atoms with Crippen LogP contribution < -0.4 is 16.0 Å². The first-order valence-corrected chi connectivity index (χ1v) is 10.9. The van der Waals surface area contributed by atoms with Crippen molar-refractivity contribution >= 4 is 17.7 Å². The molecule has 1 heterocycles. The molecular formula is C22H40N4O3. The van der Waals surface area contributed by atoms with Crippen molar-refractivity contribution in [3.05, 3.63) is 12.2 Å². The highest BCUT2D eigenvalue weighted by Gasteiger charge is 2.36. The van der Waals surface area contributed by atoms with Gasteiger partial charge in [0.1, 0.15) is 12.1 Å². The molecule has 3 N–H and O–H groups in total. The lowest BCUT2D eigenvalue weighted by atomic mass is 10.0. The monoisotopic (exact) mass is 408 g/mol. The summed E-state index contributed by atoms with van der Waals surface area (Å²) in [6.45, 7) is 8.77. The summed E-state index contributed by atoms with van der Waals surface area (Å²) in [7, 11) is 3.48. The number of carbonyl (C=O) groups excluding carboxylic acids is 3. The zero-order chi connectivity index (χ0) is 22.0. The van der Waals surface area contributed by atoms with Crippen LogP contribution in [0.15, 0.2) is 12.2 Å². The standard InChI is InChI=1S/C22H40N4O3/c1-7-9-18(20(27)24-6)25-21(28)19-10-8-13-26(19)22(29)16(4)11-12-17(23-5)14-15(2)3/h11-12,15-19,23H,7-10,13-14H2,1-6H3,(H,24,27)(H,25,28)/b12-11+/t16-,17+,18?,19?/m0/s1. The van der Waals surface area contributed by atoms with Crippen molar-refractivity contribution in [1.82, 2.24) is 20.9 Å². The van der Waals surface area contributed by atoms with E-state index in [1.54, 1.807) is 11.9 Å². The summed E-state index contributed by atoms with van der Waals surface area (Å²) in [5.74, 6) is -0.203. The fourth-order valence-corrected chi connectivity index (χ4v) is 3.75. The van der Waals surface area contributed by atoms with E-state index in [0.717, 1.165) is 19.3 Å². The molecule has 0 radical (unpaired) electrons. The van der Waals surface area contributed by atoms with Crippen molar-refractivity contribution in [1.29, 1.82) is 0 Å². The molecular weight excluding hydrogens is 368 g/mol. The summed E-state index contributed by atoms with van der Waals surface area (Å²) in [4.78, 5) is 39.5. The van der Waals surface area contributed by atoms with Gasteiger partial charge in [0.25, 0.3) is 0 Å². The van der Waals surface area contributed by atoms with E-state index in [-0.39, 0.29) is 29.7 Å². The second-order valence-corrected chi connectivity index (χ2v) is 8.35. The quantitative estimate of drug-likeness (QED) is 0.455. The third-order valence-corrected chi connectivity index (χ3v) is 5.41. The number of hydrogen-bond donors (Lipinski definition) is 3. The molecule has 0 saturated carbocycles. The predicted molar refractivity (Wildman–Crippen MR) is 116 cm³/mol. The van der Waals surface area contributed by atoms with E-state index in [0.29, 0.717) is 25.3 Å². The van der Waals surface area contributed by atoms with E-state index in [2.05, 4.69) is 35.9 Å². The Morgan fingerprint density at radius 1 is 1.14 bits per heavy atom. The zero-order valence-corrected chi connectivity index (χ0v) is 19.0. The minimum absolute atomic E-state index is 0.0368. The average Bonchev–Trinajstić information content (AvgIpc) is 3.18. The number of amides is 3. The minimum Gasteiger partial charge on any atom is -0.357 e. The highest BCUT2D eigenvalue weighted by atomic mass is 16.2. The van der Waals surface area contributed by atoms with Crippen LogP contribution in [0.4, 0.5) is 0 Å². The maximum absolute atomic E-state index is 13.0. The van der Waals surface area contributed by atoms with Gasteiger partial charge in [-0.3, -0.25) is 14.4 Å². The number of carbonyl (C=O) groups is 3. The van der Waals surface area contributed by atoms with Gasteiger partial charge in [0, 0.05) is 19.6 Å². The number of likely N-dealkylation sites (N-methyl/N-ethyl adjacent to an activating group) is 2. The van der Waals surface area contributed by atoms with E-state index in [9.17, 15) is 14.4 Å². The molecule has 0 aromatic rings. The van der Waals surface area contributed by atoms with E-state index >= 15 is 0 Å². The van der Waals surface area contributed by atoms with Crippen LogP contribution in [-0.2, 0) is 14.4 Å². The van der Waals surface area contributed by atoms with Crippen molar-refractivity contribution in [3.63, 3.8) is 0 Å². The van der Waals surface area contributed by atoms with Gasteiger partial charge in [-0.1, -0.05) is 46.3 Å². The minimum atomic E-state index is -0.556. The summed E-state index contributed by atoms with van der Waals surface area (Å²) >= 11 is 0. The van der Waals surface area contributed by atoms with Crippen molar-refractivity contribution < 1.29 is 14.4 Å². The molecule has 0 aromatic heterocycles. The molecule has 1 fully saturated rings. The van der Waals surface area contributed by atoms with Crippen LogP contribution in [-0.4, -0.2) is 61.4 Å². The predicted octanol–water partition coefficient (Wildman–Crippen LogP) is 1.83. The van der Waals surface area contributed by atoms with Crippen LogP contribution in [0.1, 0.15) is 59.8 Å². The van der Waals surface area contributed by atoms with E-state index in [1.807, 2.05) is 27.0 Å². The average molecular weight is 409 g/mol. The molecule has 29 heavy (non-hydrogen) atoms. The molecule has 0 spiro atoms. The van der Waals surface area contributed by atoms with Crippen LogP contribution in [0.2, 0.25) is 0 Å². The van der Waals surface area contributed by atoms with Crippen LogP contribution >= 0.6 is 0 Å². The Kier molecular flexibility index (Phi) is 10.9. The lowest BCUT2D eigenvalue weighted by Gasteiger charge is -2.27. The Labute approximate surface area is 176 Å². The summed E-state index contributed by atoms with van der Waals surface area (Å²) < 4.78 is 0. The second kappa shape index (κ2) is 12.6. The molecule has 0 bridgehead atoms. The maximum Gasteiger partial charge on any atom is 0.243 e. The van der Waals surface area contributed by atoms with Crippen molar-refractivity contribution in [2.75, 3.05) is 20.6 Å². The first kappa shape index (κ1) is 25.1. The maximum atomic E-state index is 13.0. The lowest BCUT2D eigenvalue weighted by molar-refractivity contribution is -0.141. The molecule has 0 aliphatic carbocycles. The Balaban J connectivity index is 2.77. The smallest absolute Gasteiger partial charge is 0.243 e. The van der Waals surface area contributed by atoms with Crippen LogP contribution in [0.5, 0.6) is 0 Å². The first-order valence-electron chi connectivity index (χ1n) is 10.9. The number of likely N-dealkylation sites (tertiary alicyclic amines) is 1. The van der Waals surface area contributed by atoms with Crippen molar-refractivity contribution in [2.45, 2.75) is 77.9 Å². The van der Waals surface area contributed by atoms with Crippen molar-refractivity contribution in [3.8, 4) is 0 Å². The van der Waals surface area contributed by atoms with Gasteiger partial charge < -0.3 is 20.9 Å². The van der Waals surface area contributed by atoms with Crippen molar-refractivity contribution in [2.24, 2.45) is 11.8 Å². The van der Waals surface area contributed by atoms with E-state index < -0.39 is 12.1 Å². The Bertz CT molecular complexity index is 576. The Hall–Kier alpha value is -1.89. The fourth-order valence-electron chi connectivity index (χ4n) is 3.75. The molecule has 1 aliphatic heterocycles. The van der Waals surface area contributed by atoms with Gasteiger partial charge in [-0.15, -0.1) is 0 Å². The molecule has 3 amide bonds. The van der Waals surface area contributed by atoms with Crippen LogP contribution in [0.3, 0.4) is 0 Å². The van der Waals surface area contributed by atoms with Gasteiger partial charge in [-0.25, -0.2) is 0 Å². The summed E-state index contributed by atoms with van der Waals surface area (Å²) in [6.07, 6.45) is 7.78. The van der Waals surface area contributed by atoms with Gasteiger partial charge in [0.15, 0.2) is 0 Å². The van der Waals surface area contributed by atoms with Crippen LogP contribution in [0.25, 0.3) is 0 Å². The number of hydrogen-bond acceptors (Lipinski definition) is 4. The highest BCUT2D eigenvalue weighted by Crippen LogP contribution is 2.21. The fraction of sp³-hybridized carbons (Fsp3) is 0.773. The molecule has 4 atom stereocenters. The SMILES string of the molecule is CCCC(NC(=O)C1CCCN1C(=O)[C@@H](C)/C=C/[C@H](CC(C)C)NC)C(=O)NC. The highest BCUT2D eigenvalue weighted by molar-refractivity contribution is 5.93. The first-order chi connectivity index (χ1) is 13.7. The van der Waals surface area contributed by atoms with E-state index in [4.69, 9.17) is 0 Å². The summed E-state index contributed by atoms with van der Waals surface area (Å²) in [5.41, 5.74) is 0. The van der Waals surface area contributed by atoms with Gasteiger partial charge in [-0.2, -0.15) is 0 Å². The van der Waals surface area contributed by atoms with Crippen LogP contribution in [0, 0.1) is 11.8 Å². The second-order valence-electron chi connectivity index (χ2n) is 8.35. The lowest BCUT2D eigenvalue weighted by Crippen LogP contribution is -2.53. The number of nitrogens with zero attached hydrogens (tertiary/aromatic N) is 1. The van der Waals surface area contributed by atoms with Gasteiger partial charge >= 0.3 is 0 Å². The summed E-state index contributed by atoms with van der Waals surface area (Å²) in [5, 5.41) is 8.70. The van der Waals surface area contributed by atoms with Gasteiger partial charge in [-0.05, 0) is 38.6 Å². The Morgan fingerprint density at radius 3 is 2.38 bits per heavy atom.